The summed E-state index contributed by atoms with van der Waals surface area (Å²) in [5, 5.41) is 21.7. The fraction of sp³-hybridized carbons (Fsp3) is 0.111. The zero-order chi connectivity index (χ0) is 25.0. The molecule has 0 spiro atoms. The maximum absolute atomic E-state index is 13.7. The Balaban J connectivity index is 1.60. The normalized spacial score (nSPS) is 16.7. The summed E-state index contributed by atoms with van der Waals surface area (Å²) in [7, 11) is 0. The van der Waals surface area contributed by atoms with Crippen molar-refractivity contribution in [3.63, 3.8) is 0 Å². The molecule has 7 nitrogen and oxygen atoms in total. The number of phenols is 1. The predicted octanol–water partition coefficient (Wildman–Crippen LogP) is 4.59. The van der Waals surface area contributed by atoms with Crippen LogP contribution in [0.3, 0.4) is 0 Å². The van der Waals surface area contributed by atoms with Crippen LogP contribution in [0.2, 0.25) is 5.02 Å². The van der Waals surface area contributed by atoms with Crippen molar-refractivity contribution in [2.24, 2.45) is 4.99 Å². The molecule has 1 atom stereocenters. The van der Waals surface area contributed by atoms with Crippen LogP contribution in [0.5, 0.6) is 5.75 Å². The van der Waals surface area contributed by atoms with E-state index in [0.717, 1.165) is 35.2 Å². The van der Waals surface area contributed by atoms with Gasteiger partial charge in [0, 0.05) is 16.7 Å². The molecule has 4 aromatic rings. The van der Waals surface area contributed by atoms with Crippen LogP contribution in [0.1, 0.15) is 34.7 Å². The Morgan fingerprint density at radius 2 is 1.89 bits per heavy atom. The van der Waals surface area contributed by atoms with Crippen LogP contribution in [0, 0.1) is 10.1 Å². The van der Waals surface area contributed by atoms with Crippen molar-refractivity contribution in [2.75, 3.05) is 0 Å². The Morgan fingerprint density at radius 3 is 2.67 bits per heavy atom. The molecule has 0 bridgehead atoms. The number of nitrogens with zero attached hydrogens (tertiary/aromatic N) is 3. The molecule has 1 N–H and O–H groups in total. The summed E-state index contributed by atoms with van der Waals surface area (Å²) in [6.07, 6.45) is 3.24. The Labute approximate surface area is 213 Å². The third-order valence-corrected chi connectivity index (χ3v) is 7.79. The fourth-order valence-corrected chi connectivity index (χ4v) is 6.02. The molecule has 1 unspecified atom stereocenters. The standard InChI is InChI=1S/C27H18ClN3O4S/c28-18-9-6-17(7-10-18)25-20-11-8-16-3-1-2-4-19(16)24(20)29-27-30(25)26(33)23(36-27)14-15-5-12-22(32)21(13-15)31(34)35/h1-7,9-10,12-14,25,32H,8,11H2. The number of nitro groups is 1. The first-order valence-electron chi connectivity index (χ1n) is 11.3. The van der Waals surface area contributed by atoms with Gasteiger partial charge in [0.05, 0.1) is 21.2 Å². The number of allylic oxidation sites excluding steroid dienone is 1. The first-order valence-corrected chi connectivity index (χ1v) is 12.5. The molecule has 0 saturated heterocycles. The number of hydrogen-bond donors (Lipinski definition) is 1. The number of nitro benzene ring substituents is 1. The molecule has 0 radical (unpaired) electrons. The zero-order valence-electron chi connectivity index (χ0n) is 18.7. The van der Waals surface area contributed by atoms with E-state index in [1.165, 1.54) is 29.0 Å². The average Bonchev–Trinajstić information content (AvgIpc) is 3.18. The minimum absolute atomic E-state index is 0.222. The summed E-state index contributed by atoms with van der Waals surface area (Å²) in [5.74, 6) is -0.423. The van der Waals surface area contributed by atoms with E-state index in [1.54, 1.807) is 16.7 Å². The number of halogens is 1. The van der Waals surface area contributed by atoms with Crippen LogP contribution in [-0.2, 0) is 6.42 Å². The van der Waals surface area contributed by atoms with Gasteiger partial charge in [0.15, 0.2) is 10.6 Å². The van der Waals surface area contributed by atoms with E-state index in [4.69, 9.17) is 16.6 Å². The second kappa shape index (κ2) is 8.58. The maximum Gasteiger partial charge on any atom is 0.311 e. The lowest BCUT2D eigenvalue weighted by Crippen LogP contribution is -2.38. The van der Waals surface area contributed by atoms with E-state index in [2.05, 4.69) is 12.1 Å². The average molecular weight is 516 g/mol. The van der Waals surface area contributed by atoms with Crippen molar-refractivity contribution in [2.45, 2.75) is 18.9 Å². The SMILES string of the molecule is O=c1c(=Cc2ccc(O)c([N+](=O)[O-])c2)sc2n1C(c1ccc(Cl)cc1)C1=C(N=2)c2ccccc2CC1. The number of aromatic hydroxyl groups is 1. The second-order valence-electron chi connectivity index (χ2n) is 8.67. The summed E-state index contributed by atoms with van der Waals surface area (Å²) < 4.78 is 2.11. The van der Waals surface area contributed by atoms with Crippen molar-refractivity contribution in [3.05, 3.63) is 129 Å². The van der Waals surface area contributed by atoms with E-state index in [0.29, 0.717) is 19.9 Å². The third-order valence-electron chi connectivity index (χ3n) is 6.55. The molecule has 0 fully saturated rings. The zero-order valence-corrected chi connectivity index (χ0v) is 20.3. The van der Waals surface area contributed by atoms with Gasteiger partial charge in [-0.25, -0.2) is 4.99 Å². The van der Waals surface area contributed by atoms with E-state index >= 15 is 0 Å². The number of phenolic OH excluding ortho intramolecular Hbond substituents is 1. The first kappa shape index (κ1) is 22.5. The molecular weight excluding hydrogens is 498 g/mol. The molecule has 2 heterocycles. The van der Waals surface area contributed by atoms with Gasteiger partial charge >= 0.3 is 5.69 Å². The Morgan fingerprint density at radius 1 is 1.11 bits per heavy atom. The Kier molecular flexibility index (Phi) is 5.35. The molecule has 1 aliphatic carbocycles. The van der Waals surface area contributed by atoms with E-state index in [9.17, 15) is 20.0 Å². The number of hydrogen-bond acceptors (Lipinski definition) is 6. The summed E-state index contributed by atoms with van der Waals surface area (Å²) in [5.41, 5.74) is 5.02. The highest BCUT2D eigenvalue weighted by atomic mass is 35.5. The van der Waals surface area contributed by atoms with Crippen molar-refractivity contribution < 1.29 is 10.0 Å². The van der Waals surface area contributed by atoms with Gasteiger partial charge < -0.3 is 5.11 Å². The topological polar surface area (TPSA) is 97.7 Å². The van der Waals surface area contributed by atoms with Crippen LogP contribution in [0.4, 0.5) is 5.69 Å². The van der Waals surface area contributed by atoms with Gasteiger partial charge in [-0.2, -0.15) is 0 Å². The minimum atomic E-state index is -0.652. The number of rotatable bonds is 3. The van der Waals surface area contributed by atoms with E-state index in [-0.39, 0.29) is 11.6 Å². The van der Waals surface area contributed by atoms with Crippen LogP contribution < -0.4 is 14.9 Å². The number of thiazole rings is 1. The largest absolute Gasteiger partial charge is 0.502 e. The smallest absolute Gasteiger partial charge is 0.311 e. The molecule has 1 aromatic heterocycles. The van der Waals surface area contributed by atoms with Gasteiger partial charge in [0.25, 0.3) is 5.56 Å². The van der Waals surface area contributed by atoms with Crippen molar-refractivity contribution >= 4 is 40.4 Å². The monoisotopic (exact) mass is 515 g/mol. The number of fused-ring (bicyclic) bond motifs is 3. The lowest BCUT2D eigenvalue weighted by Gasteiger charge is -2.30. The van der Waals surface area contributed by atoms with Gasteiger partial charge in [-0.3, -0.25) is 19.5 Å². The van der Waals surface area contributed by atoms with Crippen molar-refractivity contribution in [3.8, 4) is 5.75 Å². The fourth-order valence-electron chi connectivity index (χ4n) is 4.90. The Hall–Kier alpha value is -4.01. The molecule has 1 aliphatic heterocycles. The van der Waals surface area contributed by atoms with Crippen molar-refractivity contribution in [1.29, 1.82) is 0 Å². The highest BCUT2D eigenvalue weighted by Crippen LogP contribution is 2.41. The molecular formula is C27H18ClN3O4S. The lowest BCUT2D eigenvalue weighted by atomic mass is 9.83. The summed E-state index contributed by atoms with van der Waals surface area (Å²) in [6.45, 7) is 0. The van der Waals surface area contributed by atoms with Crippen molar-refractivity contribution in [1.82, 2.24) is 4.57 Å². The maximum atomic E-state index is 13.7. The van der Waals surface area contributed by atoms with Gasteiger partial charge in [-0.15, -0.1) is 0 Å². The highest BCUT2D eigenvalue weighted by Gasteiger charge is 2.32. The first-order chi connectivity index (χ1) is 17.4. The number of aryl methyl sites for hydroxylation is 1. The third kappa shape index (κ3) is 3.66. The molecule has 178 valence electrons. The van der Waals surface area contributed by atoms with E-state index in [1.807, 2.05) is 36.4 Å². The molecule has 36 heavy (non-hydrogen) atoms. The molecule has 9 heteroatoms. The molecule has 3 aromatic carbocycles. The van der Waals surface area contributed by atoms with Gasteiger partial charge in [-0.05, 0) is 59.4 Å². The lowest BCUT2D eigenvalue weighted by molar-refractivity contribution is -0.385. The molecule has 2 aliphatic rings. The number of aromatic nitrogens is 1. The molecule has 0 saturated carbocycles. The van der Waals surface area contributed by atoms with Crippen LogP contribution >= 0.6 is 22.9 Å². The van der Waals surface area contributed by atoms with Gasteiger partial charge in [0.2, 0.25) is 0 Å². The quantitative estimate of drug-likeness (QED) is 0.319. The number of benzene rings is 3. The minimum Gasteiger partial charge on any atom is -0.502 e. The van der Waals surface area contributed by atoms with Crippen LogP contribution in [0.25, 0.3) is 11.8 Å². The second-order valence-corrected chi connectivity index (χ2v) is 10.1. The highest BCUT2D eigenvalue weighted by molar-refractivity contribution is 7.07. The summed E-state index contributed by atoms with van der Waals surface area (Å²) >= 11 is 7.40. The van der Waals surface area contributed by atoms with Crippen LogP contribution in [0.15, 0.2) is 82.1 Å². The van der Waals surface area contributed by atoms with Crippen LogP contribution in [-0.4, -0.2) is 14.6 Å². The van der Waals surface area contributed by atoms with Gasteiger partial charge in [-0.1, -0.05) is 65.4 Å². The van der Waals surface area contributed by atoms with E-state index < -0.39 is 16.4 Å². The summed E-state index contributed by atoms with van der Waals surface area (Å²) in [4.78, 5) is 29.8. The molecule has 6 rings (SSSR count). The predicted molar refractivity (Wildman–Crippen MR) is 139 cm³/mol. The molecule has 0 amide bonds. The van der Waals surface area contributed by atoms with Gasteiger partial charge in [0.1, 0.15) is 0 Å². The Bertz CT molecular complexity index is 1770. The summed E-state index contributed by atoms with van der Waals surface area (Å²) in [6, 6.07) is 19.4.